The van der Waals surface area contributed by atoms with Crippen molar-refractivity contribution in [3.8, 4) is 66.6 Å². The molecule has 0 amide bonds. The fourth-order valence-corrected chi connectivity index (χ4v) is 6.98. The quantitative estimate of drug-likeness (QED) is 0.101. The fraction of sp³-hybridized carbons (Fsp3) is 0.195. The summed E-state index contributed by atoms with van der Waals surface area (Å²) in [5.41, 5.74) is -6.82. The van der Waals surface area contributed by atoms with Gasteiger partial charge in [0.2, 0.25) is 15.3 Å². The molecule has 0 aliphatic carbocycles. The molecule has 54 heavy (non-hydrogen) atoms. The van der Waals surface area contributed by atoms with Crippen LogP contribution in [-0.2, 0) is 15.3 Å². The van der Waals surface area contributed by atoms with Gasteiger partial charge in [0, 0.05) is 0 Å². The predicted molar refractivity (Wildman–Crippen MR) is 195 cm³/mol. The lowest BCUT2D eigenvalue weighted by atomic mass is 9.72. The molecular weight excluding hydrogens is 731 g/mol. The van der Waals surface area contributed by atoms with Gasteiger partial charge < -0.3 is 19.3 Å². The minimum Gasteiger partial charge on any atom is -0.495 e. The van der Waals surface area contributed by atoms with E-state index in [0.29, 0.717) is 24.3 Å². The smallest absolute Gasteiger partial charge is 0.411 e. The van der Waals surface area contributed by atoms with Crippen LogP contribution in [0.2, 0.25) is 0 Å². The van der Waals surface area contributed by atoms with Gasteiger partial charge in [-0.25, -0.2) is 8.42 Å². The van der Waals surface area contributed by atoms with Crippen LogP contribution in [0.4, 0.5) is 37.7 Å². The van der Waals surface area contributed by atoms with Crippen LogP contribution in [0, 0.1) is 62.8 Å². The van der Waals surface area contributed by atoms with E-state index in [-0.39, 0.29) is 58.0 Å². The first-order valence-corrected chi connectivity index (χ1v) is 17.2. The first kappa shape index (κ1) is 40.6. The summed E-state index contributed by atoms with van der Waals surface area (Å²) in [6, 6.07) is 15.7. The molecule has 0 aliphatic rings. The van der Waals surface area contributed by atoms with Gasteiger partial charge in [-0.3, -0.25) is 0 Å². The van der Waals surface area contributed by atoms with Crippen molar-refractivity contribution in [1.82, 2.24) is 0 Å². The minimum absolute atomic E-state index is 0.00644. The first-order chi connectivity index (χ1) is 25.5. The average Bonchev–Trinajstić information content (AvgIpc) is 3.11. The molecule has 0 saturated carbocycles. The van der Waals surface area contributed by atoms with E-state index in [0.717, 1.165) is 29.1 Å². The molecule has 0 N–H and O–H groups in total. The molecule has 0 aliphatic heterocycles. The number of rotatable bonds is 13. The number of halogens is 6. The van der Waals surface area contributed by atoms with E-state index in [2.05, 4.69) is 23.7 Å². The molecule has 4 aromatic carbocycles. The SMILES string of the molecule is C#C[CH]N(CC#C)c1cc(C(c2ccc(OC)c(N(CC#C)CC#C)c2)(C(F)(F)F)C(F)(F)F)ccc1Oc1ccc(S(=O)(=O)c2ccc(C)cc2)cc1. The second-order valence-corrected chi connectivity index (χ2v) is 13.5. The van der Waals surface area contributed by atoms with Crippen LogP contribution >= 0.6 is 0 Å². The number of aryl methyl sites for hydroxylation is 1. The molecule has 0 heterocycles. The number of hydrogen-bond donors (Lipinski definition) is 0. The predicted octanol–water partition coefficient (Wildman–Crippen LogP) is 8.35. The summed E-state index contributed by atoms with van der Waals surface area (Å²) in [5, 5.41) is 0. The maximum Gasteiger partial charge on any atom is 0.411 e. The number of ether oxygens (including phenoxy) is 2. The topological polar surface area (TPSA) is 59.1 Å². The third kappa shape index (κ3) is 7.93. The Balaban J connectivity index is 1.95. The van der Waals surface area contributed by atoms with Crippen molar-refractivity contribution in [2.24, 2.45) is 0 Å². The van der Waals surface area contributed by atoms with E-state index in [1.807, 2.05) is 0 Å². The number of sulfone groups is 1. The Labute approximate surface area is 310 Å². The molecule has 0 fully saturated rings. The third-order valence-corrected chi connectivity index (χ3v) is 10.0. The molecule has 0 spiro atoms. The number of hydrogen-bond acceptors (Lipinski definition) is 6. The normalized spacial score (nSPS) is 11.7. The first-order valence-electron chi connectivity index (χ1n) is 15.7. The zero-order valence-corrected chi connectivity index (χ0v) is 29.6. The van der Waals surface area contributed by atoms with Crippen molar-refractivity contribution in [1.29, 1.82) is 0 Å². The number of anilines is 2. The number of nitrogens with zero attached hydrogens (tertiary/aromatic N) is 2. The largest absolute Gasteiger partial charge is 0.495 e. The van der Waals surface area contributed by atoms with Crippen molar-refractivity contribution in [3.05, 3.63) is 108 Å². The standard InChI is InChI=1S/C41H31F6N2O4S/c1-7-23-48(24-8-2)35-27-30(13-21-37(35)52-6)39(40(42,43)44,41(45,46)47)31-14-22-38(36(28-31)49(25-9-3)26-10-4)53-32-15-19-34(20-16-32)54(50,51)33-17-11-29(5)12-18-33/h1-4,11-22,25,27-28H,23-24,26H2,5-6H3. The van der Waals surface area contributed by atoms with Crippen LogP contribution in [0.5, 0.6) is 17.2 Å². The van der Waals surface area contributed by atoms with Crippen LogP contribution in [0.25, 0.3) is 0 Å². The van der Waals surface area contributed by atoms with Crippen LogP contribution < -0.4 is 19.3 Å². The van der Waals surface area contributed by atoms with Crippen molar-refractivity contribution in [2.75, 3.05) is 36.5 Å². The summed E-state index contributed by atoms with van der Waals surface area (Å²) in [6.07, 6.45) is 9.84. The second-order valence-electron chi connectivity index (χ2n) is 11.6. The van der Waals surface area contributed by atoms with Gasteiger partial charge in [-0.15, -0.1) is 25.7 Å². The Morgan fingerprint density at radius 1 is 0.685 bits per heavy atom. The van der Waals surface area contributed by atoms with E-state index >= 15 is 26.3 Å². The third-order valence-electron chi connectivity index (χ3n) is 8.25. The van der Waals surface area contributed by atoms with Gasteiger partial charge in [0.15, 0.2) is 5.75 Å². The van der Waals surface area contributed by atoms with Crippen molar-refractivity contribution in [2.45, 2.75) is 34.5 Å². The van der Waals surface area contributed by atoms with E-state index < -0.39 is 38.7 Å². The van der Waals surface area contributed by atoms with Gasteiger partial charge in [-0.05, 0) is 78.7 Å². The molecule has 4 rings (SSSR count). The average molecular weight is 762 g/mol. The Morgan fingerprint density at radius 2 is 1.17 bits per heavy atom. The lowest BCUT2D eigenvalue weighted by Crippen LogP contribution is -2.54. The van der Waals surface area contributed by atoms with Crippen LogP contribution in [0.15, 0.2) is 94.7 Å². The van der Waals surface area contributed by atoms with Gasteiger partial charge in [-0.1, -0.05) is 53.5 Å². The van der Waals surface area contributed by atoms with E-state index in [9.17, 15) is 8.42 Å². The van der Waals surface area contributed by atoms with Gasteiger partial charge >= 0.3 is 12.4 Å². The molecule has 13 heteroatoms. The van der Waals surface area contributed by atoms with Crippen molar-refractivity contribution >= 4 is 21.2 Å². The number of terminal acetylenes is 4. The molecule has 6 nitrogen and oxygen atoms in total. The summed E-state index contributed by atoms with van der Waals surface area (Å²) in [5.74, 6) is 8.69. The zero-order valence-electron chi connectivity index (χ0n) is 28.8. The number of alkyl halides is 6. The van der Waals surface area contributed by atoms with Gasteiger partial charge in [-0.2, -0.15) is 26.3 Å². The van der Waals surface area contributed by atoms with Gasteiger partial charge in [0.1, 0.15) is 18.0 Å². The minimum atomic E-state index is -5.99. The summed E-state index contributed by atoms with van der Waals surface area (Å²) in [4.78, 5) is 2.23. The summed E-state index contributed by atoms with van der Waals surface area (Å²) in [6.45, 7) is 1.92. The molecule has 0 bridgehead atoms. The van der Waals surface area contributed by atoms with Gasteiger partial charge in [0.05, 0.1) is 47.9 Å². The van der Waals surface area contributed by atoms with Crippen LogP contribution in [0.3, 0.4) is 0 Å². The highest BCUT2D eigenvalue weighted by Gasteiger charge is 2.72. The highest BCUT2D eigenvalue weighted by Crippen LogP contribution is 2.58. The van der Waals surface area contributed by atoms with E-state index in [1.165, 1.54) is 48.4 Å². The van der Waals surface area contributed by atoms with Crippen LogP contribution in [-0.4, -0.2) is 47.5 Å². The highest BCUT2D eigenvalue weighted by molar-refractivity contribution is 7.91. The lowest BCUT2D eigenvalue weighted by Gasteiger charge is -2.39. The molecular formula is C41H31F6N2O4S. The Bertz CT molecular complexity index is 2210. The Morgan fingerprint density at radius 3 is 1.63 bits per heavy atom. The lowest BCUT2D eigenvalue weighted by molar-refractivity contribution is -0.288. The van der Waals surface area contributed by atoms with Crippen molar-refractivity contribution < 1.29 is 44.2 Å². The second kappa shape index (κ2) is 16.3. The van der Waals surface area contributed by atoms with Gasteiger partial charge in [0.25, 0.3) is 0 Å². The molecule has 277 valence electrons. The molecule has 0 unspecified atom stereocenters. The Kier molecular flexibility index (Phi) is 12.2. The molecule has 0 aromatic heterocycles. The maximum atomic E-state index is 15.4. The Hall–Kier alpha value is -6.15. The van der Waals surface area contributed by atoms with Crippen molar-refractivity contribution in [3.63, 3.8) is 0 Å². The van der Waals surface area contributed by atoms with E-state index in [1.54, 1.807) is 19.1 Å². The maximum absolute atomic E-state index is 15.4. The highest BCUT2D eigenvalue weighted by atomic mass is 32.2. The molecule has 0 atom stereocenters. The summed E-state index contributed by atoms with van der Waals surface area (Å²) >= 11 is 0. The number of benzene rings is 4. The monoisotopic (exact) mass is 761 g/mol. The van der Waals surface area contributed by atoms with Crippen LogP contribution in [0.1, 0.15) is 16.7 Å². The number of methoxy groups -OCH3 is 1. The summed E-state index contributed by atoms with van der Waals surface area (Å²) < 4.78 is 130. The molecule has 0 saturated heterocycles. The zero-order chi connectivity index (χ0) is 39.9. The fourth-order valence-electron chi connectivity index (χ4n) is 5.72. The van der Waals surface area contributed by atoms with E-state index in [4.69, 9.17) is 35.2 Å². The molecule has 1 radical (unpaired) electrons. The summed E-state index contributed by atoms with van der Waals surface area (Å²) in [7, 11) is -2.75. The molecule has 4 aromatic rings.